The number of rotatable bonds is 4. The second-order valence-corrected chi connectivity index (χ2v) is 5.15. The summed E-state index contributed by atoms with van der Waals surface area (Å²) in [7, 11) is 1.50. The molecule has 0 radical (unpaired) electrons. The van der Waals surface area contributed by atoms with E-state index in [-0.39, 0.29) is 17.2 Å². The number of halogens is 1. The molecule has 0 saturated heterocycles. The maximum absolute atomic E-state index is 13.3. The summed E-state index contributed by atoms with van der Waals surface area (Å²) in [6, 6.07) is 7.09. The van der Waals surface area contributed by atoms with E-state index in [1.165, 1.54) is 37.1 Å². The number of carboxylic acids is 1. The molecule has 2 N–H and O–H groups in total. The number of carbonyl (C=O) groups excluding carboxylic acids is 1. The standard InChI is InChI=1S/C14H11FN2O3S/c1-16-13(18)12-7-9(4-5-17-12)21-8-2-3-11(15)10(6-8)14(19)20/h2-7H,1H3,(H,16,18)(H,19,20). The Morgan fingerprint density at radius 3 is 2.62 bits per heavy atom. The molecule has 2 rings (SSSR count). The van der Waals surface area contributed by atoms with Crippen molar-refractivity contribution in [3.8, 4) is 0 Å². The van der Waals surface area contributed by atoms with Crippen molar-refractivity contribution >= 4 is 23.6 Å². The summed E-state index contributed by atoms with van der Waals surface area (Å²) in [6.45, 7) is 0. The van der Waals surface area contributed by atoms with Gasteiger partial charge in [0.15, 0.2) is 0 Å². The largest absolute Gasteiger partial charge is 0.478 e. The number of nitrogens with zero attached hydrogens (tertiary/aromatic N) is 1. The highest BCUT2D eigenvalue weighted by Gasteiger charge is 2.12. The van der Waals surface area contributed by atoms with Gasteiger partial charge in [0.25, 0.3) is 5.91 Å². The van der Waals surface area contributed by atoms with Crippen LogP contribution in [-0.4, -0.2) is 29.0 Å². The summed E-state index contributed by atoms with van der Waals surface area (Å²) >= 11 is 1.22. The number of benzene rings is 1. The molecule has 0 spiro atoms. The Kier molecular flexibility index (Phi) is 4.54. The number of amides is 1. The number of carbonyl (C=O) groups is 2. The molecule has 5 nitrogen and oxygen atoms in total. The fraction of sp³-hybridized carbons (Fsp3) is 0.0714. The highest BCUT2D eigenvalue weighted by molar-refractivity contribution is 7.99. The first-order chi connectivity index (χ1) is 10.0. The van der Waals surface area contributed by atoms with Crippen molar-refractivity contribution in [1.29, 1.82) is 0 Å². The van der Waals surface area contributed by atoms with Gasteiger partial charge in [-0.1, -0.05) is 11.8 Å². The second kappa shape index (κ2) is 6.36. The first-order valence-corrected chi connectivity index (χ1v) is 6.71. The van der Waals surface area contributed by atoms with Crippen molar-refractivity contribution in [1.82, 2.24) is 10.3 Å². The average molecular weight is 306 g/mol. The molecule has 0 aliphatic rings. The Morgan fingerprint density at radius 1 is 1.24 bits per heavy atom. The van der Waals surface area contributed by atoms with Gasteiger partial charge in [0.05, 0.1) is 5.56 Å². The van der Waals surface area contributed by atoms with E-state index < -0.39 is 11.8 Å². The summed E-state index contributed by atoms with van der Waals surface area (Å²) in [5, 5.41) is 11.4. The SMILES string of the molecule is CNC(=O)c1cc(Sc2ccc(F)c(C(=O)O)c2)ccn1. The zero-order valence-electron chi connectivity index (χ0n) is 11.0. The predicted molar refractivity (Wildman–Crippen MR) is 75.1 cm³/mol. The molecule has 0 bridgehead atoms. The fourth-order valence-electron chi connectivity index (χ4n) is 1.59. The van der Waals surface area contributed by atoms with Crippen molar-refractivity contribution < 1.29 is 19.1 Å². The van der Waals surface area contributed by atoms with Crippen LogP contribution in [0.2, 0.25) is 0 Å². The van der Waals surface area contributed by atoms with E-state index in [4.69, 9.17) is 5.11 Å². The van der Waals surface area contributed by atoms with Gasteiger partial charge in [-0.25, -0.2) is 9.18 Å². The number of aromatic nitrogens is 1. The Bertz CT molecular complexity index is 706. The molecular formula is C14H11FN2O3S. The Labute approximate surface area is 124 Å². The molecule has 1 aromatic heterocycles. The number of hydrogen-bond donors (Lipinski definition) is 2. The van der Waals surface area contributed by atoms with Gasteiger partial charge in [0, 0.05) is 23.0 Å². The monoisotopic (exact) mass is 306 g/mol. The van der Waals surface area contributed by atoms with Crippen LogP contribution < -0.4 is 5.32 Å². The zero-order valence-corrected chi connectivity index (χ0v) is 11.8. The minimum atomic E-state index is -1.32. The van der Waals surface area contributed by atoms with Crippen molar-refractivity contribution in [2.24, 2.45) is 0 Å². The summed E-state index contributed by atoms with van der Waals surface area (Å²) < 4.78 is 13.3. The van der Waals surface area contributed by atoms with Gasteiger partial charge in [0.1, 0.15) is 11.5 Å². The molecule has 1 aromatic carbocycles. The van der Waals surface area contributed by atoms with Gasteiger partial charge < -0.3 is 10.4 Å². The maximum Gasteiger partial charge on any atom is 0.338 e. The predicted octanol–water partition coefficient (Wildman–Crippen LogP) is 2.43. The van der Waals surface area contributed by atoms with Crippen LogP contribution in [0.5, 0.6) is 0 Å². The van der Waals surface area contributed by atoms with Crippen LogP contribution in [0.25, 0.3) is 0 Å². The molecule has 21 heavy (non-hydrogen) atoms. The van der Waals surface area contributed by atoms with Gasteiger partial charge in [-0.15, -0.1) is 0 Å². The third-order valence-electron chi connectivity index (χ3n) is 2.60. The van der Waals surface area contributed by atoms with E-state index in [0.29, 0.717) is 9.79 Å². The Morgan fingerprint density at radius 2 is 1.95 bits per heavy atom. The molecule has 0 fully saturated rings. The smallest absolute Gasteiger partial charge is 0.338 e. The number of nitrogens with one attached hydrogen (secondary N) is 1. The number of hydrogen-bond acceptors (Lipinski definition) is 4. The lowest BCUT2D eigenvalue weighted by Crippen LogP contribution is -2.18. The molecule has 1 amide bonds. The number of aromatic carboxylic acids is 1. The molecule has 0 unspecified atom stereocenters. The highest BCUT2D eigenvalue weighted by Crippen LogP contribution is 2.29. The first-order valence-electron chi connectivity index (χ1n) is 5.90. The minimum absolute atomic E-state index is 0.253. The summed E-state index contributed by atoms with van der Waals surface area (Å²) in [6.07, 6.45) is 1.48. The van der Waals surface area contributed by atoms with E-state index in [9.17, 15) is 14.0 Å². The second-order valence-electron chi connectivity index (χ2n) is 4.00. The molecule has 1 heterocycles. The molecule has 7 heteroatoms. The van der Waals surface area contributed by atoms with Crippen LogP contribution >= 0.6 is 11.8 Å². The fourth-order valence-corrected chi connectivity index (χ4v) is 2.48. The summed E-state index contributed by atoms with van der Waals surface area (Å²) in [5.74, 6) is -2.42. The Balaban J connectivity index is 2.28. The van der Waals surface area contributed by atoms with Gasteiger partial charge in [-0.2, -0.15) is 0 Å². The lowest BCUT2D eigenvalue weighted by atomic mass is 10.2. The van der Waals surface area contributed by atoms with Gasteiger partial charge in [0.2, 0.25) is 0 Å². The lowest BCUT2D eigenvalue weighted by molar-refractivity contribution is 0.0691. The van der Waals surface area contributed by atoms with E-state index in [2.05, 4.69) is 10.3 Å². The molecule has 2 aromatic rings. The van der Waals surface area contributed by atoms with E-state index in [1.807, 2.05) is 0 Å². The van der Waals surface area contributed by atoms with E-state index in [1.54, 1.807) is 12.1 Å². The van der Waals surface area contributed by atoms with Gasteiger partial charge in [-0.3, -0.25) is 9.78 Å². The molecule has 108 valence electrons. The third-order valence-corrected chi connectivity index (χ3v) is 3.57. The quantitative estimate of drug-likeness (QED) is 0.907. The first kappa shape index (κ1) is 15.0. The third kappa shape index (κ3) is 3.57. The van der Waals surface area contributed by atoms with Crippen molar-refractivity contribution in [3.63, 3.8) is 0 Å². The number of pyridine rings is 1. The van der Waals surface area contributed by atoms with Crippen LogP contribution in [-0.2, 0) is 0 Å². The summed E-state index contributed by atoms with van der Waals surface area (Å²) in [5.41, 5.74) is -0.136. The molecule has 0 saturated carbocycles. The molecule has 0 atom stereocenters. The van der Waals surface area contributed by atoms with Crippen molar-refractivity contribution in [2.75, 3.05) is 7.05 Å². The van der Waals surface area contributed by atoms with Gasteiger partial charge >= 0.3 is 5.97 Å². The van der Waals surface area contributed by atoms with Crippen LogP contribution in [0.15, 0.2) is 46.3 Å². The van der Waals surface area contributed by atoms with Gasteiger partial charge in [-0.05, 0) is 30.3 Å². The maximum atomic E-state index is 13.3. The normalized spacial score (nSPS) is 10.2. The Hall–Kier alpha value is -2.41. The van der Waals surface area contributed by atoms with Crippen LogP contribution in [0.1, 0.15) is 20.8 Å². The van der Waals surface area contributed by atoms with E-state index in [0.717, 1.165) is 6.07 Å². The highest BCUT2D eigenvalue weighted by atomic mass is 32.2. The average Bonchev–Trinajstić information content (AvgIpc) is 2.48. The minimum Gasteiger partial charge on any atom is -0.478 e. The topological polar surface area (TPSA) is 79.3 Å². The molecule has 0 aliphatic heterocycles. The van der Waals surface area contributed by atoms with Crippen molar-refractivity contribution in [2.45, 2.75) is 9.79 Å². The van der Waals surface area contributed by atoms with Crippen LogP contribution in [0.3, 0.4) is 0 Å². The molecule has 0 aliphatic carbocycles. The summed E-state index contributed by atoms with van der Waals surface area (Å²) in [4.78, 5) is 27.6. The van der Waals surface area contributed by atoms with Crippen molar-refractivity contribution in [3.05, 3.63) is 53.6 Å². The van der Waals surface area contributed by atoms with Crippen LogP contribution in [0, 0.1) is 5.82 Å². The lowest BCUT2D eigenvalue weighted by Gasteiger charge is -2.05. The zero-order chi connectivity index (χ0) is 15.4. The van der Waals surface area contributed by atoms with Crippen LogP contribution in [0.4, 0.5) is 4.39 Å². The molecular weight excluding hydrogens is 295 g/mol. The number of carboxylic acid groups (broad SMARTS) is 1. The van der Waals surface area contributed by atoms with E-state index >= 15 is 0 Å².